The van der Waals surface area contributed by atoms with Crippen molar-refractivity contribution in [2.75, 3.05) is 25.0 Å². The number of anilines is 1. The number of carbonyl (C=O) groups is 2. The molecule has 0 saturated carbocycles. The molecule has 1 fully saturated rings. The second-order valence-electron chi connectivity index (χ2n) is 10.1. The number of amides is 3. The van der Waals surface area contributed by atoms with Crippen LogP contribution in [0.15, 0.2) is 30.3 Å². The highest BCUT2D eigenvalue weighted by Crippen LogP contribution is 2.26. The van der Waals surface area contributed by atoms with Crippen molar-refractivity contribution in [2.24, 2.45) is 0 Å². The van der Waals surface area contributed by atoms with Crippen molar-refractivity contribution in [3.8, 4) is 11.5 Å². The van der Waals surface area contributed by atoms with E-state index in [9.17, 15) is 14.0 Å². The number of benzene rings is 1. The Bertz CT molecular complexity index is 1350. The van der Waals surface area contributed by atoms with Crippen molar-refractivity contribution in [1.29, 1.82) is 0 Å². The lowest BCUT2D eigenvalue weighted by atomic mass is 9.96. The lowest BCUT2D eigenvalue weighted by Gasteiger charge is -2.39. The molecule has 5 rings (SSSR count). The Balaban J connectivity index is 1.33. The van der Waals surface area contributed by atoms with Crippen LogP contribution in [0.1, 0.15) is 55.2 Å². The Kier molecular flexibility index (Phi) is 7.06. The molecule has 0 aliphatic carbocycles. The molecule has 0 spiro atoms. The van der Waals surface area contributed by atoms with Gasteiger partial charge in [-0.1, -0.05) is 6.07 Å². The summed E-state index contributed by atoms with van der Waals surface area (Å²) in [5, 5.41) is 14.4. The standard InChI is InChI=1S/C26H31FN8O3/c1-15(2)35-24(30-31-32-35)22-6-5-7-23(28-22)29-25(36)20-10-19-14-33(9-8-18(19)11-21(20)27)26(37)34-12-16(3)38-17(4)13-34/h5-7,10-11,15-17H,8-9,12-14H2,1-4H3,(H,28,29,36)/t16-,17+. The minimum atomic E-state index is -0.627. The van der Waals surface area contributed by atoms with Crippen LogP contribution >= 0.6 is 0 Å². The molecule has 1 N–H and O–H groups in total. The Labute approximate surface area is 220 Å². The van der Waals surface area contributed by atoms with Crippen molar-refractivity contribution in [3.05, 3.63) is 52.8 Å². The van der Waals surface area contributed by atoms with E-state index in [1.165, 1.54) is 12.1 Å². The molecule has 2 aliphatic heterocycles. The molecule has 38 heavy (non-hydrogen) atoms. The Hall–Kier alpha value is -3.93. The molecule has 3 amide bonds. The van der Waals surface area contributed by atoms with Gasteiger partial charge >= 0.3 is 6.03 Å². The van der Waals surface area contributed by atoms with Crippen LogP contribution in [0.5, 0.6) is 0 Å². The minimum absolute atomic E-state index is 0.0196. The second kappa shape index (κ2) is 10.4. The van der Waals surface area contributed by atoms with Crippen LogP contribution < -0.4 is 5.32 Å². The number of halogens is 1. The van der Waals surface area contributed by atoms with E-state index < -0.39 is 11.7 Å². The van der Waals surface area contributed by atoms with Crippen molar-refractivity contribution in [3.63, 3.8) is 0 Å². The van der Waals surface area contributed by atoms with Gasteiger partial charge in [0.1, 0.15) is 17.3 Å². The molecule has 2 aliphatic rings. The monoisotopic (exact) mass is 522 g/mol. The van der Waals surface area contributed by atoms with Gasteiger partial charge in [-0.05, 0) is 79.9 Å². The number of aromatic nitrogens is 5. The fraction of sp³-hybridized carbons (Fsp3) is 0.462. The number of tetrazole rings is 1. The zero-order valence-electron chi connectivity index (χ0n) is 21.9. The van der Waals surface area contributed by atoms with Gasteiger partial charge in [-0.25, -0.2) is 18.9 Å². The van der Waals surface area contributed by atoms with Gasteiger partial charge in [0, 0.05) is 26.2 Å². The summed E-state index contributed by atoms with van der Waals surface area (Å²) < 4.78 is 22.4. The predicted molar refractivity (Wildman–Crippen MR) is 137 cm³/mol. The molecule has 0 unspecified atom stereocenters. The second-order valence-corrected chi connectivity index (χ2v) is 10.1. The summed E-state index contributed by atoms with van der Waals surface area (Å²) in [5.41, 5.74) is 1.93. The van der Waals surface area contributed by atoms with Gasteiger partial charge in [0.25, 0.3) is 5.91 Å². The van der Waals surface area contributed by atoms with Gasteiger partial charge in [0.2, 0.25) is 5.82 Å². The van der Waals surface area contributed by atoms with Crippen molar-refractivity contribution in [1.82, 2.24) is 35.0 Å². The van der Waals surface area contributed by atoms with Crippen LogP contribution in [0.2, 0.25) is 0 Å². The minimum Gasteiger partial charge on any atom is -0.372 e. The average molecular weight is 523 g/mol. The highest BCUT2D eigenvalue weighted by atomic mass is 19.1. The third kappa shape index (κ3) is 5.21. The summed E-state index contributed by atoms with van der Waals surface area (Å²) in [6.07, 6.45) is 0.451. The number of carbonyl (C=O) groups excluding carboxylic acids is 2. The number of urea groups is 1. The fourth-order valence-corrected chi connectivity index (χ4v) is 4.97. The summed E-state index contributed by atoms with van der Waals surface area (Å²) >= 11 is 0. The number of nitrogens with one attached hydrogen (secondary N) is 1. The third-order valence-electron chi connectivity index (χ3n) is 6.71. The SMILES string of the molecule is CC(C)n1nnnc1-c1cccc(NC(=O)c2cc3c(cc2F)CCN(C(=O)N2C[C@@H](C)O[C@@H](C)C2)C3)n1. The highest BCUT2D eigenvalue weighted by Gasteiger charge is 2.31. The smallest absolute Gasteiger partial charge is 0.320 e. The van der Waals surface area contributed by atoms with Crippen LogP contribution in [0, 0.1) is 5.82 Å². The molecular weight excluding hydrogens is 491 g/mol. The number of pyridine rings is 1. The van der Waals surface area contributed by atoms with Gasteiger partial charge in [0.05, 0.1) is 23.8 Å². The van der Waals surface area contributed by atoms with E-state index >= 15 is 0 Å². The molecule has 200 valence electrons. The average Bonchev–Trinajstić information content (AvgIpc) is 3.38. The molecule has 4 heterocycles. The lowest BCUT2D eigenvalue weighted by molar-refractivity contribution is -0.0585. The Morgan fingerprint density at radius 3 is 2.61 bits per heavy atom. The maximum absolute atomic E-state index is 15.0. The first-order valence-corrected chi connectivity index (χ1v) is 12.8. The molecule has 1 saturated heterocycles. The van der Waals surface area contributed by atoms with Crippen LogP contribution in [-0.2, 0) is 17.7 Å². The maximum Gasteiger partial charge on any atom is 0.320 e. The first kappa shape index (κ1) is 25.7. The molecule has 0 radical (unpaired) electrons. The van der Waals surface area contributed by atoms with Crippen LogP contribution in [0.4, 0.5) is 15.0 Å². The van der Waals surface area contributed by atoms with Crippen molar-refractivity contribution in [2.45, 2.75) is 58.9 Å². The van der Waals surface area contributed by atoms with E-state index in [0.29, 0.717) is 44.1 Å². The van der Waals surface area contributed by atoms with E-state index in [4.69, 9.17) is 4.74 Å². The maximum atomic E-state index is 15.0. The highest BCUT2D eigenvalue weighted by molar-refractivity contribution is 6.04. The van der Waals surface area contributed by atoms with E-state index in [1.807, 2.05) is 27.7 Å². The van der Waals surface area contributed by atoms with E-state index in [1.54, 1.807) is 32.7 Å². The Morgan fingerprint density at radius 2 is 1.87 bits per heavy atom. The zero-order valence-corrected chi connectivity index (χ0v) is 21.9. The van der Waals surface area contributed by atoms with Crippen molar-refractivity contribution < 1.29 is 18.7 Å². The lowest BCUT2D eigenvalue weighted by Crippen LogP contribution is -2.53. The van der Waals surface area contributed by atoms with Gasteiger partial charge in [-0.3, -0.25) is 4.79 Å². The number of hydrogen-bond donors (Lipinski definition) is 1. The van der Waals surface area contributed by atoms with Gasteiger partial charge in [0.15, 0.2) is 0 Å². The molecule has 2 aromatic heterocycles. The van der Waals surface area contributed by atoms with Crippen LogP contribution in [0.3, 0.4) is 0 Å². The third-order valence-corrected chi connectivity index (χ3v) is 6.71. The van der Waals surface area contributed by atoms with E-state index in [2.05, 4.69) is 25.8 Å². The fourth-order valence-electron chi connectivity index (χ4n) is 4.97. The quantitative estimate of drug-likeness (QED) is 0.559. The summed E-state index contributed by atoms with van der Waals surface area (Å²) in [6, 6.07) is 7.95. The van der Waals surface area contributed by atoms with E-state index in [-0.39, 0.29) is 35.7 Å². The number of nitrogens with zero attached hydrogens (tertiary/aromatic N) is 7. The van der Waals surface area contributed by atoms with Crippen LogP contribution in [-0.4, -0.2) is 78.8 Å². The number of ether oxygens (including phenoxy) is 1. The molecule has 2 atom stereocenters. The summed E-state index contributed by atoms with van der Waals surface area (Å²) in [5.74, 6) is -0.533. The Morgan fingerprint density at radius 1 is 1.11 bits per heavy atom. The first-order chi connectivity index (χ1) is 18.2. The molecule has 1 aromatic carbocycles. The molecule has 12 heteroatoms. The predicted octanol–water partition coefficient (Wildman–Crippen LogP) is 3.29. The molecule has 3 aromatic rings. The normalized spacial score (nSPS) is 19.4. The van der Waals surface area contributed by atoms with E-state index in [0.717, 1.165) is 11.1 Å². The summed E-state index contributed by atoms with van der Waals surface area (Å²) in [4.78, 5) is 34.3. The van der Waals surface area contributed by atoms with Gasteiger partial charge < -0.3 is 19.9 Å². The number of hydrogen-bond acceptors (Lipinski definition) is 7. The zero-order chi connectivity index (χ0) is 27.0. The number of morpholine rings is 1. The van der Waals surface area contributed by atoms with Gasteiger partial charge in [-0.15, -0.1) is 5.10 Å². The molecular formula is C26H31FN8O3. The summed E-state index contributed by atoms with van der Waals surface area (Å²) in [7, 11) is 0. The number of fused-ring (bicyclic) bond motifs is 1. The number of rotatable bonds is 4. The first-order valence-electron chi connectivity index (χ1n) is 12.8. The van der Waals surface area contributed by atoms with Gasteiger partial charge in [-0.2, -0.15) is 0 Å². The summed E-state index contributed by atoms with van der Waals surface area (Å²) in [6.45, 7) is 9.64. The largest absolute Gasteiger partial charge is 0.372 e. The van der Waals surface area contributed by atoms with Crippen molar-refractivity contribution >= 4 is 17.8 Å². The topological polar surface area (TPSA) is 118 Å². The van der Waals surface area contributed by atoms with Crippen LogP contribution in [0.25, 0.3) is 11.5 Å². The molecule has 0 bridgehead atoms. The molecule has 11 nitrogen and oxygen atoms in total.